The number of guanidine groups is 1. The minimum Gasteiger partial charge on any atom is -0.496 e. The number of likely N-dealkylation sites (tertiary alicyclic amines) is 1. The summed E-state index contributed by atoms with van der Waals surface area (Å²) in [6.07, 6.45) is 3.62. The van der Waals surface area contributed by atoms with Crippen molar-refractivity contribution in [3.05, 3.63) is 29.3 Å². The SMILES string of the molecule is CCNC(=NCCC(=O)N1CCCC1)NCCc1ccc(C)c(OC)c1.I. The maximum absolute atomic E-state index is 12.1. The molecule has 7 heteroatoms. The van der Waals surface area contributed by atoms with E-state index in [0.717, 1.165) is 62.7 Å². The topological polar surface area (TPSA) is 66.0 Å². The number of carbonyl (C=O) groups is 1. The molecule has 0 aromatic heterocycles. The van der Waals surface area contributed by atoms with Gasteiger partial charge in [-0.25, -0.2) is 0 Å². The monoisotopic (exact) mass is 488 g/mol. The van der Waals surface area contributed by atoms with Crippen molar-refractivity contribution in [1.29, 1.82) is 0 Å². The first kappa shape index (κ1) is 23.5. The van der Waals surface area contributed by atoms with Crippen molar-refractivity contribution >= 4 is 35.8 Å². The third-order valence-electron chi connectivity index (χ3n) is 4.58. The highest BCUT2D eigenvalue weighted by molar-refractivity contribution is 14.0. The Labute approximate surface area is 180 Å². The molecule has 0 saturated carbocycles. The van der Waals surface area contributed by atoms with Crippen LogP contribution >= 0.6 is 24.0 Å². The van der Waals surface area contributed by atoms with Gasteiger partial charge in [-0.2, -0.15) is 0 Å². The number of hydrogen-bond donors (Lipinski definition) is 2. The minimum absolute atomic E-state index is 0. The van der Waals surface area contributed by atoms with E-state index in [-0.39, 0.29) is 29.9 Å². The van der Waals surface area contributed by atoms with Crippen molar-refractivity contribution in [3.63, 3.8) is 0 Å². The number of rotatable bonds is 8. The van der Waals surface area contributed by atoms with E-state index in [1.807, 2.05) is 18.7 Å². The Bertz CT molecular complexity index is 616. The molecule has 1 heterocycles. The zero-order valence-corrected chi connectivity index (χ0v) is 19.0. The van der Waals surface area contributed by atoms with Crippen LogP contribution in [-0.4, -0.2) is 56.6 Å². The lowest BCUT2D eigenvalue weighted by molar-refractivity contribution is -0.129. The molecule has 0 unspecified atom stereocenters. The van der Waals surface area contributed by atoms with Gasteiger partial charge in [-0.15, -0.1) is 24.0 Å². The highest BCUT2D eigenvalue weighted by atomic mass is 127. The second-order valence-corrected chi connectivity index (χ2v) is 6.58. The van der Waals surface area contributed by atoms with Gasteiger partial charge in [-0.3, -0.25) is 9.79 Å². The molecule has 27 heavy (non-hydrogen) atoms. The third kappa shape index (κ3) is 7.94. The van der Waals surface area contributed by atoms with Crippen LogP contribution in [0.3, 0.4) is 0 Å². The molecule has 1 saturated heterocycles. The van der Waals surface area contributed by atoms with Crippen molar-refractivity contribution in [1.82, 2.24) is 15.5 Å². The fraction of sp³-hybridized carbons (Fsp3) is 0.600. The van der Waals surface area contributed by atoms with Crippen LogP contribution in [0.2, 0.25) is 0 Å². The van der Waals surface area contributed by atoms with Gasteiger partial charge in [0, 0.05) is 32.6 Å². The Morgan fingerprint density at radius 1 is 1.26 bits per heavy atom. The highest BCUT2D eigenvalue weighted by Crippen LogP contribution is 2.19. The first-order valence-corrected chi connectivity index (χ1v) is 9.57. The molecule has 0 radical (unpaired) electrons. The van der Waals surface area contributed by atoms with Crippen molar-refractivity contribution in [2.45, 2.75) is 39.5 Å². The summed E-state index contributed by atoms with van der Waals surface area (Å²) in [4.78, 5) is 18.5. The third-order valence-corrected chi connectivity index (χ3v) is 4.58. The Morgan fingerprint density at radius 2 is 2.00 bits per heavy atom. The van der Waals surface area contributed by atoms with Crippen LogP contribution in [0.1, 0.15) is 37.3 Å². The second kappa shape index (κ2) is 12.8. The number of halogens is 1. The molecule has 2 N–H and O–H groups in total. The summed E-state index contributed by atoms with van der Waals surface area (Å²) in [6.45, 7) is 7.98. The zero-order valence-electron chi connectivity index (χ0n) is 16.7. The molecule has 0 atom stereocenters. The predicted molar refractivity (Wildman–Crippen MR) is 121 cm³/mol. The van der Waals surface area contributed by atoms with Gasteiger partial charge in [-0.05, 0) is 50.3 Å². The first-order valence-electron chi connectivity index (χ1n) is 9.57. The molecule has 0 aliphatic carbocycles. The fourth-order valence-electron chi connectivity index (χ4n) is 3.07. The molecule has 1 fully saturated rings. The van der Waals surface area contributed by atoms with Crippen LogP contribution in [-0.2, 0) is 11.2 Å². The Hall–Kier alpha value is -1.51. The molecule has 2 rings (SSSR count). The quantitative estimate of drug-likeness (QED) is 0.336. The fourth-order valence-corrected chi connectivity index (χ4v) is 3.07. The zero-order chi connectivity index (χ0) is 18.8. The van der Waals surface area contributed by atoms with Crippen LogP contribution in [0.5, 0.6) is 5.75 Å². The number of ether oxygens (including phenoxy) is 1. The summed E-state index contributed by atoms with van der Waals surface area (Å²) in [5.74, 6) is 1.90. The Morgan fingerprint density at radius 3 is 2.67 bits per heavy atom. The summed E-state index contributed by atoms with van der Waals surface area (Å²) >= 11 is 0. The van der Waals surface area contributed by atoms with Gasteiger partial charge in [0.25, 0.3) is 0 Å². The van der Waals surface area contributed by atoms with Crippen LogP contribution in [0.25, 0.3) is 0 Å². The van der Waals surface area contributed by atoms with Gasteiger partial charge >= 0.3 is 0 Å². The summed E-state index contributed by atoms with van der Waals surface area (Å²) in [6, 6.07) is 6.28. The van der Waals surface area contributed by atoms with E-state index in [9.17, 15) is 4.79 Å². The molecular formula is C20H33IN4O2. The number of benzene rings is 1. The van der Waals surface area contributed by atoms with Crippen molar-refractivity contribution < 1.29 is 9.53 Å². The lowest BCUT2D eigenvalue weighted by Crippen LogP contribution is -2.38. The standard InChI is InChI=1S/C20H32N4O2.HI/c1-4-21-20(23-12-10-19(25)24-13-5-6-14-24)22-11-9-17-8-7-16(2)18(15-17)26-3;/h7-8,15H,4-6,9-14H2,1-3H3,(H2,21,22,23);1H. The normalized spacial score (nSPS) is 13.9. The average molecular weight is 488 g/mol. The van der Waals surface area contributed by atoms with E-state index in [2.05, 4.69) is 33.8 Å². The molecule has 0 spiro atoms. The van der Waals surface area contributed by atoms with Crippen LogP contribution in [0.15, 0.2) is 23.2 Å². The summed E-state index contributed by atoms with van der Waals surface area (Å²) in [5.41, 5.74) is 2.36. The lowest BCUT2D eigenvalue weighted by atomic mass is 10.1. The number of aryl methyl sites for hydroxylation is 1. The Kier molecular flexibility index (Phi) is 11.2. The number of amides is 1. The molecule has 1 amide bonds. The van der Waals surface area contributed by atoms with Gasteiger partial charge in [0.15, 0.2) is 5.96 Å². The first-order chi connectivity index (χ1) is 12.6. The number of aliphatic imine (C=N–C) groups is 1. The molecule has 1 aromatic rings. The van der Waals surface area contributed by atoms with E-state index in [0.29, 0.717) is 13.0 Å². The molecular weight excluding hydrogens is 455 g/mol. The Balaban J connectivity index is 0.00000364. The van der Waals surface area contributed by atoms with Crippen LogP contribution in [0.4, 0.5) is 0 Å². The lowest BCUT2D eigenvalue weighted by Gasteiger charge is -2.15. The maximum Gasteiger partial charge on any atom is 0.224 e. The second-order valence-electron chi connectivity index (χ2n) is 6.58. The molecule has 0 bridgehead atoms. The van der Waals surface area contributed by atoms with E-state index in [1.165, 1.54) is 5.56 Å². The number of carbonyl (C=O) groups excluding carboxylic acids is 1. The largest absolute Gasteiger partial charge is 0.496 e. The van der Waals surface area contributed by atoms with Gasteiger partial charge in [0.2, 0.25) is 5.91 Å². The maximum atomic E-state index is 12.1. The number of methoxy groups -OCH3 is 1. The van der Waals surface area contributed by atoms with Gasteiger partial charge in [-0.1, -0.05) is 12.1 Å². The van der Waals surface area contributed by atoms with Gasteiger partial charge < -0.3 is 20.3 Å². The van der Waals surface area contributed by atoms with Crippen LogP contribution in [0, 0.1) is 6.92 Å². The summed E-state index contributed by atoms with van der Waals surface area (Å²) in [5, 5.41) is 6.57. The predicted octanol–water partition coefficient (Wildman–Crippen LogP) is 2.73. The number of nitrogens with one attached hydrogen (secondary N) is 2. The molecule has 1 aromatic carbocycles. The van der Waals surface area contributed by atoms with Crippen molar-refractivity contribution in [3.8, 4) is 5.75 Å². The van der Waals surface area contributed by atoms with Crippen LogP contribution < -0.4 is 15.4 Å². The average Bonchev–Trinajstić information content (AvgIpc) is 3.18. The van der Waals surface area contributed by atoms with E-state index in [4.69, 9.17) is 4.74 Å². The number of nitrogens with zero attached hydrogens (tertiary/aromatic N) is 2. The number of hydrogen-bond acceptors (Lipinski definition) is 3. The molecule has 1 aliphatic rings. The van der Waals surface area contributed by atoms with E-state index in [1.54, 1.807) is 7.11 Å². The smallest absolute Gasteiger partial charge is 0.224 e. The van der Waals surface area contributed by atoms with Gasteiger partial charge in [0.1, 0.15) is 5.75 Å². The molecule has 152 valence electrons. The minimum atomic E-state index is 0. The molecule has 1 aliphatic heterocycles. The van der Waals surface area contributed by atoms with E-state index >= 15 is 0 Å². The summed E-state index contributed by atoms with van der Waals surface area (Å²) < 4.78 is 5.38. The molecule has 6 nitrogen and oxygen atoms in total. The van der Waals surface area contributed by atoms with Gasteiger partial charge in [0.05, 0.1) is 13.7 Å². The summed E-state index contributed by atoms with van der Waals surface area (Å²) in [7, 11) is 1.70. The highest BCUT2D eigenvalue weighted by Gasteiger charge is 2.16. The van der Waals surface area contributed by atoms with E-state index < -0.39 is 0 Å². The van der Waals surface area contributed by atoms with Crippen molar-refractivity contribution in [2.75, 3.05) is 39.8 Å². The van der Waals surface area contributed by atoms with Crippen molar-refractivity contribution in [2.24, 2.45) is 4.99 Å².